The SMILES string of the molecule is O=C(Cc1nc(-c2ccccc2)cs1)C1=CCCCCC1. The molecule has 0 saturated heterocycles. The predicted octanol–water partition coefficient (Wildman–Crippen LogP) is 4.81. The zero-order valence-electron chi connectivity index (χ0n) is 12.0. The summed E-state index contributed by atoms with van der Waals surface area (Å²) in [5, 5.41) is 2.96. The molecule has 0 aliphatic heterocycles. The third-order valence-electron chi connectivity index (χ3n) is 3.83. The summed E-state index contributed by atoms with van der Waals surface area (Å²) in [6.45, 7) is 0. The number of ketones is 1. The van der Waals surface area contributed by atoms with Crippen LogP contribution in [0.3, 0.4) is 0 Å². The number of aromatic nitrogens is 1. The average molecular weight is 297 g/mol. The Morgan fingerprint density at radius 1 is 1.14 bits per heavy atom. The van der Waals surface area contributed by atoms with Crippen LogP contribution in [0.25, 0.3) is 11.3 Å². The fourth-order valence-corrected chi connectivity index (χ4v) is 3.45. The largest absolute Gasteiger partial charge is 0.294 e. The fraction of sp³-hybridized carbons (Fsp3) is 0.333. The lowest BCUT2D eigenvalue weighted by Gasteiger charge is -2.02. The van der Waals surface area contributed by atoms with Crippen molar-refractivity contribution in [3.05, 3.63) is 52.4 Å². The second kappa shape index (κ2) is 6.81. The van der Waals surface area contributed by atoms with Crippen LogP contribution >= 0.6 is 11.3 Å². The zero-order valence-corrected chi connectivity index (χ0v) is 12.9. The van der Waals surface area contributed by atoms with Gasteiger partial charge in [0.25, 0.3) is 0 Å². The molecule has 21 heavy (non-hydrogen) atoms. The first kappa shape index (κ1) is 14.2. The normalized spacial score (nSPS) is 15.3. The van der Waals surface area contributed by atoms with Gasteiger partial charge in [0, 0.05) is 10.9 Å². The molecule has 3 heteroatoms. The Labute approximate surface area is 129 Å². The molecule has 0 fully saturated rings. The van der Waals surface area contributed by atoms with Crippen molar-refractivity contribution in [2.24, 2.45) is 0 Å². The molecule has 0 bridgehead atoms. The van der Waals surface area contributed by atoms with E-state index >= 15 is 0 Å². The molecule has 108 valence electrons. The summed E-state index contributed by atoms with van der Waals surface area (Å²) in [4.78, 5) is 17.0. The number of benzene rings is 1. The summed E-state index contributed by atoms with van der Waals surface area (Å²) in [6, 6.07) is 10.1. The van der Waals surface area contributed by atoms with Crippen LogP contribution in [-0.2, 0) is 11.2 Å². The summed E-state index contributed by atoms with van der Waals surface area (Å²) in [7, 11) is 0. The van der Waals surface area contributed by atoms with Gasteiger partial charge in [-0.05, 0) is 31.3 Å². The van der Waals surface area contributed by atoms with Gasteiger partial charge in [-0.15, -0.1) is 11.3 Å². The number of allylic oxidation sites excluding steroid dienone is 2. The first-order valence-corrected chi connectivity index (χ1v) is 8.43. The van der Waals surface area contributed by atoms with Gasteiger partial charge in [-0.3, -0.25) is 4.79 Å². The highest BCUT2D eigenvalue weighted by Crippen LogP contribution is 2.24. The maximum atomic E-state index is 12.4. The number of hydrogen-bond acceptors (Lipinski definition) is 3. The molecule has 0 radical (unpaired) electrons. The monoisotopic (exact) mass is 297 g/mol. The first-order valence-electron chi connectivity index (χ1n) is 7.55. The van der Waals surface area contributed by atoms with Gasteiger partial charge in [-0.25, -0.2) is 4.98 Å². The van der Waals surface area contributed by atoms with Crippen LogP contribution in [0, 0.1) is 0 Å². The quantitative estimate of drug-likeness (QED) is 0.810. The maximum Gasteiger partial charge on any atom is 0.165 e. The minimum Gasteiger partial charge on any atom is -0.294 e. The Morgan fingerprint density at radius 2 is 2.00 bits per heavy atom. The standard InChI is InChI=1S/C18H19NOS/c20-17(15-10-4-1-2-5-11-15)12-18-19-16(13-21-18)14-8-6-3-7-9-14/h3,6-10,13H,1-2,4-5,11-12H2. The van der Waals surface area contributed by atoms with E-state index in [1.54, 1.807) is 11.3 Å². The minimum absolute atomic E-state index is 0.255. The summed E-state index contributed by atoms with van der Waals surface area (Å²) >= 11 is 1.58. The molecule has 0 N–H and O–H groups in total. The van der Waals surface area contributed by atoms with Crippen LogP contribution in [0.5, 0.6) is 0 Å². The molecule has 1 aromatic carbocycles. The van der Waals surface area contributed by atoms with E-state index < -0.39 is 0 Å². The second-order valence-corrected chi connectivity index (χ2v) is 6.36. The Kier molecular flexibility index (Phi) is 4.61. The molecule has 1 aliphatic rings. The van der Waals surface area contributed by atoms with Crippen molar-refractivity contribution in [1.29, 1.82) is 0 Å². The summed E-state index contributed by atoms with van der Waals surface area (Å²) < 4.78 is 0. The van der Waals surface area contributed by atoms with E-state index in [1.165, 1.54) is 12.8 Å². The number of Topliss-reactive ketones (excluding diaryl/α,β-unsaturated/α-hetero) is 1. The molecule has 2 nitrogen and oxygen atoms in total. The van der Waals surface area contributed by atoms with Crippen molar-refractivity contribution in [2.45, 2.75) is 38.5 Å². The van der Waals surface area contributed by atoms with Crippen LogP contribution in [0.4, 0.5) is 0 Å². The zero-order chi connectivity index (χ0) is 14.5. The molecule has 0 amide bonds. The van der Waals surface area contributed by atoms with Gasteiger partial charge in [-0.2, -0.15) is 0 Å². The van der Waals surface area contributed by atoms with Gasteiger partial charge in [0.2, 0.25) is 0 Å². The summed E-state index contributed by atoms with van der Waals surface area (Å²) in [5.74, 6) is 0.255. The maximum absolute atomic E-state index is 12.4. The number of thiazole rings is 1. The highest BCUT2D eigenvalue weighted by Gasteiger charge is 2.14. The smallest absolute Gasteiger partial charge is 0.165 e. The molecule has 1 aromatic heterocycles. The third-order valence-corrected chi connectivity index (χ3v) is 4.68. The number of rotatable bonds is 4. The van der Waals surface area contributed by atoms with E-state index in [1.807, 2.05) is 23.6 Å². The van der Waals surface area contributed by atoms with E-state index in [0.717, 1.165) is 41.1 Å². The van der Waals surface area contributed by atoms with E-state index in [0.29, 0.717) is 6.42 Å². The van der Waals surface area contributed by atoms with E-state index in [9.17, 15) is 4.79 Å². The van der Waals surface area contributed by atoms with Gasteiger partial charge in [0.05, 0.1) is 12.1 Å². The Hall–Kier alpha value is -1.74. The molecule has 2 aromatic rings. The van der Waals surface area contributed by atoms with Crippen LogP contribution in [0.15, 0.2) is 47.4 Å². The lowest BCUT2D eigenvalue weighted by molar-refractivity contribution is -0.115. The summed E-state index contributed by atoms with van der Waals surface area (Å²) in [6.07, 6.45) is 8.17. The Bertz CT molecular complexity index is 642. The predicted molar refractivity (Wildman–Crippen MR) is 87.4 cm³/mol. The van der Waals surface area contributed by atoms with Crippen molar-refractivity contribution < 1.29 is 4.79 Å². The Morgan fingerprint density at radius 3 is 2.86 bits per heavy atom. The molecule has 0 atom stereocenters. The second-order valence-electron chi connectivity index (χ2n) is 5.42. The molecule has 1 heterocycles. The average Bonchev–Trinajstić information content (AvgIpc) is 2.81. The number of carbonyl (C=O) groups is 1. The molecule has 1 aliphatic carbocycles. The van der Waals surface area contributed by atoms with E-state index in [2.05, 4.69) is 23.2 Å². The van der Waals surface area contributed by atoms with Crippen LogP contribution in [0.2, 0.25) is 0 Å². The molecular weight excluding hydrogens is 278 g/mol. The van der Waals surface area contributed by atoms with Crippen molar-refractivity contribution >= 4 is 17.1 Å². The van der Waals surface area contributed by atoms with Crippen molar-refractivity contribution in [3.63, 3.8) is 0 Å². The van der Waals surface area contributed by atoms with Gasteiger partial charge in [-0.1, -0.05) is 42.8 Å². The van der Waals surface area contributed by atoms with Gasteiger partial charge >= 0.3 is 0 Å². The molecule has 0 saturated carbocycles. The van der Waals surface area contributed by atoms with Crippen LogP contribution < -0.4 is 0 Å². The first-order chi connectivity index (χ1) is 10.3. The van der Waals surface area contributed by atoms with Crippen LogP contribution in [0.1, 0.15) is 37.1 Å². The van der Waals surface area contributed by atoms with Gasteiger partial charge in [0.1, 0.15) is 5.01 Å². The Balaban J connectivity index is 1.70. The lowest BCUT2D eigenvalue weighted by atomic mass is 10.0. The molecular formula is C18H19NOS. The lowest BCUT2D eigenvalue weighted by Crippen LogP contribution is -2.06. The molecule has 0 unspecified atom stereocenters. The summed E-state index contributed by atoms with van der Waals surface area (Å²) in [5.41, 5.74) is 3.10. The van der Waals surface area contributed by atoms with Crippen LogP contribution in [-0.4, -0.2) is 10.8 Å². The highest BCUT2D eigenvalue weighted by atomic mass is 32.1. The van der Waals surface area contributed by atoms with E-state index in [4.69, 9.17) is 0 Å². The van der Waals surface area contributed by atoms with Crippen molar-refractivity contribution in [2.75, 3.05) is 0 Å². The van der Waals surface area contributed by atoms with E-state index in [-0.39, 0.29) is 5.78 Å². The molecule has 0 spiro atoms. The number of nitrogens with zero attached hydrogens (tertiary/aromatic N) is 1. The number of hydrogen-bond donors (Lipinski definition) is 0. The topological polar surface area (TPSA) is 30.0 Å². The van der Waals surface area contributed by atoms with Crippen molar-refractivity contribution in [1.82, 2.24) is 4.98 Å². The minimum atomic E-state index is 0.255. The van der Waals surface area contributed by atoms with Crippen molar-refractivity contribution in [3.8, 4) is 11.3 Å². The highest BCUT2D eigenvalue weighted by molar-refractivity contribution is 7.10. The number of carbonyl (C=O) groups excluding carboxylic acids is 1. The fourth-order valence-electron chi connectivity index (χ4n) is 2.65. The third kappa shape index (κ3) is 3.67. The van der Waals surface area contributed by atoms with Gasteiger partial charge < -0.3 is 0 Å². The molecule has 3 rings (SSSR count). The van der Waals surface area contributed by atoms with Gasteiger partial charge in [0.15, 0.2) is 5.78 Å².